The van der Waals surface area contributed by atoms with Gasteiger partial charge in [0, 0.05) is 22.2 Å². The molecule has 9 heteroatoms. The van der Waals surface area contributed by atoms with Gasteiger partial charge in [0.1, 0.15) is 6.04 Å². The number of hydrogen-bond acceptors (Lipinski definition) is 5. The molecule has 1 heterocycles. The van der Waals surface area contributed by atoms with Crippen molar-refractivity contribution in [3.8, 4) is 0 Å². The van der Waals surface area contributed by atoms with Crippen molar-refractivity contribution in [1.29, 1.82) is 0 Å². The van der Waals surface area contributed by atoms with Gasteiger partial charge in [0.2, 0.25) is 5.91 Å². The Morgan fingerprint density at radius 2 is 2.24 bits per heavy atom. The molecule has 25 heavy (non-hydrogen) atoms. The molecule has 134 valence electrons. The standard InChI is InChI=1S/C16H18IN3O4S/c1-2-24-13(21)9-12-15(23)18-6-7-20(12)16(25)19-14(22)10-4-3-5-11(17)8-10/h3-5,8,12H,2,6-7,9H2,1H3,(H,18,23)(H,19,22,25). The van der Waals surface area contributed by atoms with Crippen LogP contribution in [0.15, 0.2) is 24.3 Å². The first-order chi connectivity index (χ1) is 11.9. The van der Waals surface area contributed by atoms with Gasteiger partial charge in [0.15, 0.2) is 5.11 Å². The molecular formula is C16H18IN3O4S. The van der Waals surface area contributed by atoms with Gasteiger partial charge in [-0.05, 0) is 59.9 Å². The molecule has 1 aromatic carbocycles. The molecular weight excluding hydrogens is 457 g/mol. The Hall–Kier alpha value is -1.75. The first-order valence-electron chi connectivity index (χ1n) is 7.73. The van der Waals surface area contributed by atoms with E-state index in [1.165, 1.54) is 0 Å². The zero-order valence-corrected chi connectivity index (χ0v) is 16.6. The summed E-state index contributed by atoms with van der Waals surface area (Å²) in [7, 11) is 0. The Bertz CT molecular complexity index is 698. The Balaban J connectivity index is 2.07. The van der Waals surface area contributed by atoms with Gasteiger partial charge in [-0.1, -0.05) is 6.07 Å². The number of ether oxygens (including phenoxy) is 1. The van der Waals surface area contributed by atoms with Gasteiger partial charge in [0.05, 0.1) is 13.0 Å². The SMILES string of the molecule is CCOC(=O)CC1C(=O)NCCN1C(=S)NC(=O)c1cccc(I)c1. The number of rotatable bonds is 4. The van der Waals surface area contributed by atoms with Crippen LogP contribution in [-0.2, 0) is 14.3 Å². The molecule has 2 rings (SSSR count). The van der Waals surface area contributed by atoms with Crippen molar-refractivity contribution in [1.82, 2.24) is 15.5 Å². The zero-order valence-electron chi connectivity index (χ0n) is 13.6. The number of carbonyl (C=O) groups excluding carboxylic acids is 3. The minimum Gasteiger partial charge on any atom is -0.466 e. The molecule has 1 atom stereocenters. The van der Waals surface area contributed by atoms with E-state index in [1.807, 2.05) is 6.07 Å². The van der Waals surface area contributed by atoms with E-state index in [2.05, 4.69) is 33.2 Å². The van der Waals surface area contributed by atoms with E-state index < -0.39 is 12.0 Å². The number of carbonyl (C=O) groups is 3. The highest BCUT2D eigenvalue weighted by atomic mass is 127. The summed E-state index contributed by atoms with van der Waals surface area (Å²) < 4.78 is 5.83. The van der Waals surface area contributed by atoms with Crippen molar-refractivity contribution in [3.05, 3.63) is 33.4 Å². The van der Waals surface area contributed by atoms with Gasteiger partial charge >= 0.3 is 5.97 Å². The maximum atomic E-state index is 12.3. The number of hydrogen-bond donors (Lipinski definition) is 2. The smallest absolute Gasteiger partial charge is 0.308 e. The van der Waals surface area contributed by atoms with Gasteiger partial charge in [-0.15, -0.1) is 0 Å². The van der Waals surface area contributed by atoms with Crippen molar-refractivity contribution >= 4 is 57.7 Å². The third-order valence-corrected chi connectivity index (χ3v) is 4.57. The molecule has 1 aliphatic rings. The zero-order chi connectivity index (χ0) is 18.4. The predicted octanol–water partition coefficient (Wildman–Crippen LogP) is 1.06. The molecule has 1 fully saturated rings. The van der Waals surface area contributed by atoms with Crippen LogP contribution in [-0.4, -0.2) is 53.5 Å². The van der Waals surface area contributed by atoms with E-state index in [0.29, 0.717) is 18.7 Å². The van der Waals surface area contributed by atoms with Crippen molar-refractivity contribution in [2.45, 2.75) is 19.4 Å². The first kappa shape index (κ1) is 19.6. The van der Waals surface area contributed by atoms with Gasteiger partial charge in [-0.3, -0.25) is 19.7 Å². The van der Waals surface area contributed by atoms with Crippen LogP contribution >= 0.6 is 34.8 Å². The molecule has 0 saturated carbocycles. The normalized spacial score (nSPS) is 16.8. The maximum absolute atomic E-state index is 12.3. The molecule has 0 aliphatic carbocycles. The highest BCUT2D eigenvalue weighted by molar-refractivity contribution is 14.1. The summed E-state index contributed by atoms with van der Waals surface area (Å²) in [6.07, 6.45) is -0.126. The summed E-state index contributed by atoms with van der Waals surface area (Å²) in [5.41, 5.74) is 0.470. The van der Waals surface area contributed by atoms with Crippen molar-refractivity contribution in [2.75, 3.05) is 19.7 Å². The van der Waals surface area contributed by atoms with E-state index in [1.54, 1.807) is 30.0 Å². The lowest BCUT2D eigenvalue weighted by molar-refractivity contribution is -0.147. The highest BCUT2D eigenvalue weighted by Gasteiger charge is 2.34. The average Bonchev–Trinajstić information content (AvgIpc) is 2.56. The lowest BCUT2D eigenvalue weighted by Crippen LogP contribution is -2.60. The summed E-state index contributed by atoms with van der Waals surface area (Å²) in [5.74, 6) is -1.16. The molecule has 1 aromatic rings. The van der Waals surface area contributed by atoms with E-state index in [-0.39, 0.29) is 30.0 Å². The van der Waals surface area contributed by atoms with Crippen LogP contribution in [0.3, 0.4) is 0 Å². The molecule has 0 bridgehead atoms. The number of nitrogens with zero attached hydrogens (tertiary/aromatic N) is 1. The van der Waals surface area contributed by atoms with Gasteiger partial charge in [-0.2, -0.15) is 0 Å². The lowest BCUT2D eigenvalue weighted by Gasteiger charge is -2.36. The number of benzene rings is 1. The minimum atomic E-state index is -0.795. The molecule has 2 amide bonds. The second-order valence-corrected chi connectivity index (χ2v) is 6.91. The Morgan fingerprint density at radius 3 is 2.92 bits per heavy atom. The summed E-state index contributed by atoms with van der Waals surface area (Å²) >= 11 is 7.41. The number of piperazine rings is 1. The number of halogens is 1. The molecule has 0 radical (unpaired) electrons. The second kappa shape index (κ2) is 9.09. The summed E-state index contributed by atoms with van der Waals surface area (Å²) in [6, 6.07) is 6.27. The van der Waals surface area contributed by atoms with Crippen LogP contribution in [0, 0.1) is 3.57 Å². The van der Waals surface area contributed by atoms with Crippen LogP contribution in [0.25, 0.3) is 0 Å². The van der Waals surface area contributed by atoms with E-state index in [4.69, 9.17) is 17.0 Å². The Labute approximate surface area is 164 Å². The molecule has 0 aromatic heterocycles. The summed E-state index contributed by atoms with van der Waals surface area (Å²) in [4.78, 5) is 37.8. The summed E-state index contributed by atoms with van der Waals surface area (Å²) in [6.45, 7) is 2.72. The third-order valence-electron chi connectivity index (χ3n) is 3.56. The maximum Gasteiger partial charge on any atom is 0.308 e. The number of nitrogens with one attached hydrogen (secondary N) is 2. The molecule has 1 saturated heterocycles. The van der Waals surface area contributed by atoms with Gasteiger partial charge < -0.3 is 15.0 Å². The molecule has 1 unspecified atom stereocenters. The summed E-state index contributed by atoms with van der Waals surface area (Å²) in [5, 5.41) is 5.45. The number of esters is 1. The quantitative estimate of drug-likeness (QED) is 0.385. The minimum absolute atomic E-state index is 0.119. The molecule has 0 spiro atoms. The van der Waals surface area contributed by atoms with E-state index in [9.17, 15) is 14.4 Å². The molecule has 2 N–H and O–H groups in total. The fourth-order valence-corrected chi connectivity index (χ4v) is 3.26. The monoisotopic (exact) mass is 475 g/mol. The van der Waals surface area contributed by atoms with Crippen LogP contribution in [0.4, 0.5) is 0 Å². The molecule has 7 nitrogen and oxygen atoms in total. The van der Waals surface area contributed by atoms with Crippen molar-refractivity contribution in [3.63, 3.8) is 0 Å². The Morgan fingerprint density at radius 1 is 1.48 bits per heavy atom. The fourth-order valence-electron chi connectivity index (χ4n) is 2.41. The van der Waals surface area contributed by atoms with Crippen molar-refractivity contribution in [2.24, 2.45) is 0 Å². The van der Waals surface area contributed by atoms with E-state index >= 15 is 0 Å². The van der Waals surface area contributed by atoms with E-state index in [0.717, 1.165) is 3.57 Å². The highest BCUT2D eigenvalue weighted by Crippen LogP contribution is 2.12. The predicted molar refractivity (Wildman–Crippen MR) is 104 cm³/mol. The third kappa shape index (κ3) is 5.36. The fraction of sp³-hybridized carbons (Fsp3) is 0.375. The molecule has 1 aliphatic heterocycles. The average molecular weight is 475 g/mol. The van der Waals surface area contributed by atoms with Gasteiger partial charge in [0.25, 0.3) is 5.91 Å². The van der Waals surface area contributed by atoms with Crippen molar-refractivity contribution < 1.29 is 19.1 Å². The van der Waals surface area contributed by atoms with Crippen LogP contribution in [0.1, 0.15) is 23.7 Å². The largest absolute Gasteiger partial charge is 0.466 e. The first-order valence-corrected chi connectivity index (χ1v) is 9.22. The number of thiocarbonyl (C=S) groups is 1. The Kier molecular flexibility index (Phi) is 7.12. The van der Waals surface area contributed by atoms with Gasteiger partial charge in [-0.25, -0.2) is 0 Å². The number of amides is 2. The lowest BCUT2D eigenvalue weighted by atomic mass is 10.1. The topological polar surface area (TPSA) is 87.7 Å². The van der Waals surface area contributed by atoms with Crippen LogP contribution in [0.2, 0.25) is 0 Å². The van der Waals surface area contributed by atoms with Crippen LogP contribution in [0.5, 0.6) is 0 Å². The van der Waals surface area contributed by atoms with Crippen LogP contribution < -0.4 is 10.6 Å². The second-order valence-electron chi connectivity index (χ2n) is 5.28.